The number of ether oxygens (including phenoxy) is 3. The highest BCUT2D eigenvalue weighted by atomic mass is 16.6. The van der Waals surface area contributed by atoms with Gasteiger partial charge in [-0.3, -0.25) is 19.2 Å². The van der Waals surface area contributed by atoms with Crippen molar-refractivity contribution in [1.82, 2.24) is 0 Å². The number of benzene rings is 1. The molecular weight excluding hydrogens is 478 g/mol. The summed E-state index contributed by atoms with van der Waals surface area (Å²) in [6.45, 7) is 16.1. The second kappa shape index (κ2) is 14.1. The minimum absolute atomic E-state index is 0.00458. The molecule has 9 nitrogen and oxygen atoms in total. The number of carboxylic acid groups (broad SMARTS) is 1. The number of esters is 3. The van der Waals surface area contributed by atoms with Gasteiger partial charge in [0, 0.05) is 18.3 Å². The first-order valence-electron chi connectivity index (χ1n) is 12.9. The molecule has 9 heteroatoms. The molecule has 37 heavy (non-hydrogen) atoms. The Kier molecular flexibility index (Phi) is 12.2. The Morgan fingerprint density at radius 3 is 1.76 bits per heavy atom. The minimum atomic E-state index is -1.34. The highest BCUT2D eigenvalue weighted by Gasteiger charge is 2.36. The van der Waals surface area contributed by atoms with Crippen molar-refractivity contribution in [3.63, 3.8) is 0 Å². The quantitative estimate of drug-likeness (QED) is 0.282. The van der Waals surface area contributed by atoms with Crippen molar-refractivity contribution in [3.8, 4) is 11.5 Å². The van der Waals surface area contributed by atoms with Crippen LogP contribution in [0.2, 0.25) is 0 Å². The maximum Gasteiger partial charge on any atom is 0.321 e. The summed E-state index contributed by atoms with van der Waals surface area (Å²) in [5.41, 5.74) is 6.54. The van der Waals surface area contributed by atoms with E-state index in [1.54, 1.807) is 40.7 Å². The van der Waals surface area contributed by atoms with E-state index in [9.17, 15) is 24.3 Å². The number of carbonyl (C=O) groups excluding carboxylic acids is 3. The van der Waals surface area contributed by atoms with Crippen molar-refractivity contribution in [2.75, 3.05) is 0 Å². The number of hydrogen-bond acceptors (Lipinski definition) is 8. The summed E-state index contributed by atoms with van der Waals surface area (Å²) in [6, 6.07) is 3.20. The fourth-order valence-electron chi connectivity index (χ4n) is 3.52. The Bertz CT molecular complexity index is 958. The summed E-state index contributed by atoms with van der Waals surface area (Å²) in [5, 5.41) is 9.72. The number of carbonyl (C=O) groups is 4. The van der Waals surface area contributed by atoms with E-state index in [1.807, 2.05) is 27.7 Å². The summed E-state index contributed by atoms with van der Waals surface area (Å²) in [7, 11) is 0. The molecule has 5 unspecified atom stereocenters. The molecule has 0 fully saturated rings. The highest BCUT2D eigenvalue weighted by Crippen LogP contribution is 2.38. The van der Waals surface area contributed by atoms with Gasteiger partial charge < -0.3 is 25.1 Å². The van der Waals surface area contributed by atoms with Gasteiger partial charge in [0.05, 0.1) is 11.8 Å². The summed E-state index contributed by atoms with van der Waals surface area (Å²) in [4.78, 5) is 49.3. The second-order valence-corrected chi connectivity index (χ2v) is 10.4. The Balaban J connectivity index is 3.57. The van der Waals surface area contributed by atoms with E-state index in [-0.39, 0.29) is 29.8 Å². The smallest absolute Gasteiger partial charge is 0.321 e. The predicted octanol–water partition coefficient (Wildman–Crippen LogP) is 4.55. The molecule has 0 amide bonds. The summed E-state index contributed by atoms with van der Waals surface area (Å²) >= 11 is 0. The lowest BCUT2D eigenvalue weighted by Crippen LogP contribution is -2.42. The van der Waals surface area contributed by atoms with Gasteiger partial charge in [0.25, 0.3) is 0 Å². The fourth-order valence-corrected chi connectivity index (χ4v) is 3.52. The standard InChI is InChI=1S/C28H43NO8/c1-10-23(30)35-19(9)18(8)24(25(29)26(31)32)20-11-12-21(36-27(33)16(6)14(2)3)22(13-20)37-28(34)17(7)15(4)5/h11-19,24-25H,10,29H2,1-9H3,(H,31,32)/t16?,17?,18?,19?,24?,25-/m0/s1. The van der Waals surface area contributed by atoms with Crippen molar-refractivity contribution >= 4 is 23.9 Å². The molecule has 0 saturated heterocycles. The molecule has 0 aliphatic rings. The number of aliphatic carboxylic acids is 1. The van der Waals surface area contributed by atoms with Crippen LogP contribution in [0.1, 0.15) is 80.2 Å². The van der Waals surface area contributed by atoms with Crippen LogP contribution in [0.5, 0.6) is 11.5 Å². The van der Waals surface area contributed by atoms with Crippen LogP contribution < -0.4 is 15.2 Å². The third-order valence-corrected chi connectivity index (χ3v) is 7.10. The molecule has 0 heterocycles. The Hall–Kier alpha value is -2.94. The summed E-state index contributed by atoms with van der Waals surface area (Å²) < 4.78 is 16.7. The predicted molar refractivity (Wildman–Crippen MR) is 139 cm³/mol. The molecule has 208 valence electrons. The van der Waals surface area contributed by atoms with Crippen LogP contribution in [0.15, 0.2) is 18.2 Å². The van der Waals surface area contributed by atoms with E-state index >= 15 is 0 Å². The van der Waals surface area contributed by atoms with Crippen LogP contribution in [-0.4, -0.2) is 41.1 Å². The molecule has 0 bridgehead atoms. The molecule has 1 rings (SSSR count). The van der Waals surface area contributed by atoms with Gasteiger partial charge in [-0.25, -0.2) is 0 Å². The first kappa shape index (κ1) is 32.1. The van der Waals surface area contributed by atoms with Crippen LogP contribution in [0.25, 0.3) is 0 Å². The molecule has 3 N–H and O–H groups in total. The normalized spacial score (nSPS) is 16.3. The molecule has 1 aromatic carbocycles. The Morgan fingerprint density at radius 1 is 0.838 bits per heavy atom. The van der Waals surface area contributed by atoms with Gasteiger partial charge in [-0.15, -0.1) is 0 Å². The average Bonchev–Trinajstić information content (AvgIpc) is 2.83. The largest absolute Gasteiger partial charge is 0.480 e. The van der Waals surface area contributed by atoms with E-state index in [4.69, 9.17) is 19.9 Å². The van der Waals surface area contributed by atoms with E-state index < -0.39 is 59.7 Å². The topological polar surface area (TPSA) is 142 Å². The van der Waals surface area contributed by atoms with Crippen LogP contribution in [-0.2, 0) is 23.9 Å². The Labute approximate surface area is 220 Å². The zero-order valence-corrected chi connectivity index (χ0v) is 23.4. The third-order valence-electron chi connectivity index (χ3n) is 7.10. The van der Waals surface area contributed by atoms with Gasteiger partial charge in [-0.2, -0.15) is 0 Å². The van der Waals surface area contributed by atoms with Gasteiger partial charge in [-0.1, -0.05) is 61.5 Å². The molecule has 0 aliphatic carbocycles. The van der Waals surface area contributed by atoms with Gasteiger partial charge in [0.15, 0.2) is 11.5 Å². The maximum atomic E-state index is 12.8. The minimum Gasteiger partial charge on any atom is -0.480 e. The zero-order valence-electron chi connectivity index (χ0n) is 23.4. The molecule has 0 saturated carbocycles. The van der Waals surface area contributed by atoms with E-state index in [0.29, 0.717) is 5.56 Å². The van der Waals surface area contributed by atoms with Crippen molar-refractivity contribution in [2.24, 2.45) is 35.3 Å². The van der Waals surface area contributed by atoms with Crippen LogP contribution in [0, 0.1) is 29.6 Å². The lowest BCUT2D eigenvalue weighted by atomic mass is 9.79. The molecule has 0 aliphatic heterocycles. The molecule has 0 aromatic heterocycles. The third kappa shape index (κ3) is 8.84. The van der Waals surface area contributed by atoms with Crippen molar-refractivity contribution in [3.05, 3.63) is 23.8 Å². The lowest BCUT2D eigenvalue weighted by Gasteiger charge is -2.32. The monoisotopic (exact) mass is 521 g/mol. The zero-order chi connectivity index (χ0) is 28.6. The highest BCUT2D eigenvalue weighted by molar-refractivity contribution is 5.79. The molecular formula is C28H43NO8. The van der Waals surface area contributed by atoms with Crippen molar-refractivity contribution in [2.45, 2.75) is 86.8 Å². The number of rotatable bonds is 13. The molecule has 0 radical (unpaired) electrons. The molecule has 1 aromatic rings. The summed E-state index contributed by atoms with van der Waals surface area (Å²) in [5.74, 6) is -4.73. The number of nitrogens with two attached hydrogens (primary N) is 1. The molecule has 6 atom stereocenters. The first-order chi connectivity index (χ1) is 17.1. The van der Waals surface area contributed by atoms with Gasteiger partial charge in [0.1, 0.15) is 12.1 Å². The lowest BCUT2D eigenvalue weighted by molar-refractivity contribution is -0.151. The van der Waals surface area contributed by atoms with Crippen LogP contribution in [0.4, 0.5) is 0 Å². The van der Waals surface area contributed by atoms with E-state index in [0.717, 1.165) is 0 Å². The van der Waals surface area contributed by atoms with Gasteiger partial charge >= 0.3 is 23.9 Å². The SMILES string of the molecule is CCC(=O)OC(C)C(C)C(c1ccc(OC(=O)C(C)C(C)C)c(OC(=O)C(C)C(C)C)c1)[C@H](N)C(=O)O. The van der Waals surface area contributed by atoms with E-state index in [1.165, 1.54) is 12.1 Å². The Morgan fingerprint density at radius 2 is 1.32 bits per heavy atom. The average molecular weight is 522 g/mol. The number of carboxylic acids is 1. The fraction of sp³-hybridized carbons (Fsp3) is 0.643. The second-order valence-electron chi connectivity index (χ2n) is 10.4. The first-order valence-corrected chi connectivity index (χ1v) is 12.9. The van der Waals surface area contributed by atoms with Crippen molar-refractivity contribution < 1.29 is 38.5 Å². The van der Waals surface area contributed by atoms with Crippen LogP contribution in [0.3, 0.4) is 0 Å². The molecule has 0 spiro atoms. The number of hydrogen-bond donors (Lipinski definition) is 2. The van der Waals surface area contributed by atoms with Gasteiger partial charge in [0.2, 0.25) is 0 Å². The maximum absolute atomic E-state index is 12.8. The van der Waals surface area contributed by atoms with Crippen molar-refractivity contribution in [1.29, 1.82) is 0 Å². The summed E-state index contributed by atoms with van der Waals surface area (Å²) in [6.07, 6.45) is -0.463. The van der Waals surface area contributed by atoms with Gasteiger partial charge in [-0.05, 0) is 36.5 Å². The van der Waals surface area contributed by atoms with E-state index in [2.05, 4.69) is 0 Å². The van der Waals surface area contributed by atoms with Crippen LogP contribution >= 0.6 is 0 Å².